The normalized spacial score (nSPS) is 8.62. The molecule has 0 saturated carbocycles. The van der Waals surface area contributed by atoms with Crippen LogP contribution in [0.3, 0.4) is 0 Å². The zero-order valence-electron chi connectivity index (χ0n) is 8.71. The average Bonchev–Trinajstić information content (AvgIpc) is 2.22. The fourth-order valence-electron chi connectivity index (χ4n) is 1.18. The van der Waals surface area contributed by atoms with Crippen molar-refractivity contribution in [1.82, 2.24) is 0 Å². The molecule has 0 unspecified atom stereocenters. The van der Waals surface area contributed by atoms with Crippen molar-refractivity contribution >= 4 is 0 Å². The fourth-order valence-corrected chi connectivity index (χ4v) is 1.18. The summed E-state index contributed by atoms with van der Waals surface area (Å²) in [6, 6.07) is 8.17. The Bertz CT molecular complexity index is 223. The molecule has 0 bridgehead atoms. The fraction of sp³-hybridized carbons (Fsp3) is 0.455. The highest BCUT2D eigenvalue weighted by molar-refractivity contribution is 5.33. The Kier molecular flexibility index (Phi) is 7.02. The Hall–Kier alpha value is -1.02. The largest absolute Gasteiger partial charge is 0.496 e. The van der Waals surface area contributed by atoms with Gasteiger partial charge in [0, 0.05) is 0 Å². The van der Waals surface area contributed by atoms with Gasteiger partial charge >= 0.3 is 0 Å². The van der Waals surface area contributed by atoms with Crippen LogP contribution < -0.4 is 10.5 Å². The van der Waals surface area contributed by atoms with E-state index in [0.29, 0.717) is 0 Å². The predicted octanol–water partition coefficient (Wildman–Crippen LogP) is 2.22. The molecule has 0 heterocycles. The molecule has 0 aromatic heterocycles. The van der Waals surface area contributed by atoms with Gasteiger partial charge in [-0.3, -0.25) is 0 Å². The van der Waals surface area contributed by atoms with Crippen LogP contribution in [0.1, 0.15) is 18.9 Å². The van der Waals surface area contributed by atoms with Gasteiger partial charge in [0.25, 0.3) is 0 Å². The third-order valence-electron chi connectivity index (χ3n) is 1.71. The van der Waals surface area contributed by atoms with Gasteiger partial charge in [-0.1, -0.05) is 31.5 Å². The van der Waals surface area contributed by atoms with E-state index < -0.39 is 0 Å². The number of para-hydroxylation sites is 1. The highest BCUT2D eigenvalue weighted by Crippen LogP contribution is 2.18. The standard InChI is InChI=1S/C10H14O.CH5N/c1-3-6-9-7-4-5-8-10(9)11-2;1-2/h4-5,7-8H,3,6H2,1-2H3;2H2,1H3. The van der Waals surface area contributed by atoms with Crippen LogP contribution in [0, 0.1) is 0 Å². The summed E-state index contributed by atoms with van der Waals surface area (Å²) >= 11 is 0. The Labute approximate surface area is 80.7 Å². The number of hydrogen-bond acceptors (Lipinski definition) is 2. The maximum atomic E-state index is 5.20. The molecule has 13 heavy (non-hydrogen) atoms. The molecule has 0 amide bonds. The lowest BCUT2D eigenvalue weighted by molar-refractivity contribution is 0.409. The molecule has 0 radical (unpaired) electrons. The SMILES string of the molecule is CCCc1ccccc1OC.CN. The van der Waals surface area contributed by atoms with Crippen molar-refractivity contribution < 1.29 is 4.74 Å². The highest BCUT2D eigenvalue weighted by atomic mass is 16.5. The molecular formula is C11H19NO. The first-order valence-corrected chi connectivity index (χ1v) is 4.58. The summed E-state index contributed by atoms with van der Waals surface area (Å²) in [6.45, 7) is 2.17. The molecule has 0 aliphatic carbocycles. The third kappa shape index (κ3) is 3.95. The molecule has 0 spiro atoms. The van der Waals surface area contributed by atoms with Crippen LogP contribution in [0.15, 0.2) is 24.3 Å². The van der Waals surface area contributed by atoms with E-state index in [1.165, 1.54) is 19.0 Å². The Balaban J connectivity index is 0.000000671. The molecule has 1 aromatic rings. The summed E-state index contributed by atoms with van der Waals surface area (Å²) in [5.74, 6) is 1.01. The van der Waals surface area contributed by atoms with E-state index in [-0.39, 0.29) is 0 Å². The topological polar surface area (TPSA) is 35.2 Å². The maximum absolute atomic E-state index is 5.20. The van der Waals surface area contributed by atoms with E-state index in [2.05, 4.69) is 18.7 Å². The van der Waals surface area contributed by atoms with Crippen LogP contribution in [0.4, 0.5) is 0 Å². The molecule has 1 aromatic carbocycles. The van der Waals surface area contributed by atoms with Gasteiger partial charge in [0.2, 0.25) is 0 Å². The van der Waals surface area contributed by atoms with Crippen LogP contribution in [0.5, 0.6) is 5.75 Å². The van der Waals surface area contributed by atoms with E-state index in [1.807, 2.05) is 18.2 Å². The molecule has 2 nitrogen and oxygen atoms in total. The van der Waals surface area contributed by atoms with Gasteiger partial charge in [0.1, 0.15) is 5.75 Å². The quantitative estimate of drug-likeness (QED) is 0.776. The second-order valence-corrected chi connectivity index (χ2v) is 2.56. The molecular weight excluding hydrogens is 162 g/mol. The summed E-state index contributed by atoms with van der Waals surface area (Å²) in [5.41, 5.74) is 5.80. The van der Waals surface area contributed by atoms with Gasteiger partial charge in [0.05, 0.1) is 7.11 Å². The number of nitrogens with two attached hydrogens (primary N) is 1. The molecule has 0 saturated heterocycles. The molecule has 0 atom stereocenters. The first-order chi connectivity index (χ1) is 6.38. The van der Waals surface area contributed by atoms with Crippen molar-refractivity contribution in [3.63, 3.8) is 0 Å². The summed E-state index contributed by atoms with van der Waals surface area (Å²) in [7, 11) is 3.22. The van der Waals surface area contributed by atoms with Gasteiger partial charge in [0.15, 0.2) is 0 Å². The first kappa shape index (κ1) is 12.0. The lowest BCUT2D eigenvalue weighted by Crippen LogP contribution is -1.90. The first-order valence-electron chi connectivity index (χ1n) is 4.58. The van der Waals surface area contributed by atoms with Crippen molar-refractivity contribution in [3.05, 3.63) is 29.8 Å². The van der Waals surface area contributed by atoms with Crippen LogP contribution in [0.25, 0.3) is 0 Å². The number of hydrogen-bond donors (Lipinski definition) is 1. The van der Waals surface area contributed by atoms with Crippen LogP contribution in [0.2, 0.25) is 0 Å². The average molecular weight is 181 g/mol. The lowest BCUT2D eigenvalue weighted by atomic mass is 10.1. The van der Waals surface area contributed by atoms with Crippen molar-refractivity contribution in [2.45, 2.75) is 19.8 Å². The van der Waals surface area contributed by atoms with Crippen molar-refractivity contribution in [2.24, 2.45) is 5.73 Å². The Morgan fingerprint density at radius 1 is 1.23 bits per heavy atom. The molecule has 74 valence electrons. The monoisotopic (exact) mass is 181 g/mol. The third-order valence-corrected chi connectivity index (χ3v) is 1.71. The number of methoxy groups -OCH3 is 1. The molecule has 0 fully saturated rings. The smallest absolute Gasteiger partial charge is 0.122 e. The van der Waals surface area contributed by atoms with E-state index in [0.717, 1.165) is 12.2 Å². The van der Waals surface area contributed by atoms with E-state index in [1.54, 1.807) is 7.11 Å². The van der Waals surface area contributed by atoms with Crippen molar-refractivity contribution in [1.29, 1.82) is 0 Å². The van der Waals surface area contributed by atoms with E-state index in [4.69, 9.17) is 4.74 Å². The van der Waals surface area contributed by atoms with Crippen LogP contribution >= 0.6 is 0 Å². The van der Waals surface area contributed by atoms with Crippen LogP contribution in [-0.4, -0.2) is 14.2 Å². The minimum atomic E-state index is 1.01. The summed E-state index contributed by atoms with van der Waals surface area (Å²) in [6.07, 6.45) is 2.27. The Morgan fingerprint density at radius 2 is 1.85 bits per heavy atom. The van der Waals surface area contributed by atoms with Gasteiger partial charge in [-0.25, -0.2) is 0 Å². The zero-order valence-corrected chi connectivity index (χ0v) is 8.71. The van der Waals surface area contributed by atoms with Crippen molar-refractivity contribution in [3.8, 4) is 5.75 Å². The molecule has 2 N–H and O–H groups in total. The lowest BCUT2D eigenvalue weighted by Gasteiger charge is -2.05. The molecule has 1 rings (SSSR count). The molecule has 0 aliphatic heterocycles. The van der Waals surface area contributed by atoms with Crippen LogP contribution in [-0.2, 0) is 6.42 Å². The highest BCUT2D eigenvalue weighted by Gasteiger charge is 1.97. The Morgan fingerprint density at radius 3 is 2.38 bits per heavy atom. The number of ether oxygens (including phenoxy) is 1. The van der Waals surface area contributed by atoms with E-state index in [9.17, 15) is 0 Å². The van der Waals surface area contributed by atoms with Gasteiger partial charge in [-0.2, -0.15) is 0 Å². The summed E-state index contributed by atoms with van der Waals surface area (Å²) < 4.78 is 5.20. The van der Waals surface area contributed by atoms with E-state index >= 15 is 0 Å². The second kappa shape index (κ2) is 7.62. The number of aryl methyl sites for hydroxylation is 1. The summed E-state index contributed by atoms with van der Waals surface area (Å²) in [4.78, 5) is 0. The van der Waals surface area contributed by atoms with Gasteiger partial charge < -0.3 is 10.5 Å². The molecule has 2 heteroatoms. The van der Waals surface area contributed by atoms with Crippen molar-refractivity contribution in [2.75, 3.05) is 14.2 Å². The number of benzene rings is 1. The second-order valence-electron chi connectivity index (χ2n) is 2.56. The minimum Gasteiger partial charge on any atom is -0.496 e. The van der Waals surface area contributed by atoms with Gasteiger partial charge in [-0.15, -0.1) is 0 Å². The maximum Gasteiger partial charge on any atom is 0.122 e. The summed E-state index contributed by atoms with van der Waals surface area (Å²) in [5, 5.41) is 0. The molecule has 0 aliphatic rings. The number of rotatable bonds is 3. The predicted molar refractivity (Wildman–Crippen MR) is 57.1 cm³/mol. The zero-order chi connectivity index (χ0) is 10.1. The minimum absolute atomic E-state index is 1.01. The van der Waals surface area contributed by atoms with Gasteiger partial charge in [-0.05, 0) is 25.1 Å².